The molecule has 0 aliphatic carbocycles. The lowest BCUT2D eigenvalue weighted by molar-refractivity contribution is -0.274. The highest BCUT2D eigenvalue weighted by Gasteiger charge is 2.33. The van der Waals surface area contributed by atoms with Gasteiger partial charge in [-0.15, -0.1) is 13.2 Å². The molecule has 2 amide bonds. The van der Waals surface area contributed by atoms with Gasteiger partial charge in [-0.05, 0) is 36.4 Å². The van der Waals surface area contributed by atoms with E-state index in [0.29, 0.717) is 5.69 Å². The SMILES string of the molecule is CC(=O)Nc1ccc(S(=O)(=O)NC(=O)c2ccccc2OC(F)(F)F)cc1. The van der Waals surface area contributed by atoms with Gasteiger partial charge in [-0.1, -0.05) is 12.1 Å². The van der Waals surface area contributed by atoms with Crippen LogP contribution < -0.4 is 14.8 Å². The van der Waals surface area contributed by atoms with Gasteiger partial charge in [-0.3, -0.25) is 9.59 Å². The van der Waals surface area contributed by atoms with E-state index < -0.39 is 33.6 Å². The Labute approximate surface area is 152 Å². The number of carbonyl (C=O) groups excluding carboxylic acids is 2. The fourth-order valence-electron chi connectivity index (χ4n) is 2.02. The first kappa shape index (κ1) is 20.2. The van der Waals surface area contributed by atoms with E-state index in [1.54, 1.807) is 4.72 Å². The number of alkyl halides is 3. The Morgan fingerprint density at radius 3 is 2.15 bits per heavy atom. The highest BCUT2D eigenvalue weighted by atomic mass is 32.2. The number of ether oxygens (including phenoxy) is 1. The van der Waals surface area contributed by atoms with Gasteiger partial charge in [0.05, 0.1) is 10.5 Å². The molecule has 0 bridgehead atoms. The molecule has 2 aromatic carbocycles. The van der Waals surface area contributed by atoms with E-state index in [9.17, 15) is 31.2 Å². The number of amides is 2. The predicted molar refractivity (Wildman–Crippen MR) is 88.5 cm³/mol. The second-order valence-electron chi connectivity index (χ2n) is 5.18. The van der Waals surface area contributed by atoms with Crippen LogP contribution in [0.5, 0.6) is 5.75 Å². The molecule has 0 unspecified atom stereocenters. The van der Waals surface area contributed by atoms with Crippen molar-refractivity contribution in [2.24, 2.45) is 0 Å². The number of rotatable bonds is 5. The van der Waals surface area contributed by atoms with Gasteiger partial charge in [-0.25, -0.2) is 13.1 Å². The van der Waals surface area contributed by atoms with Crippen LogP contribution in [0.15, 0.2) is 53.4 Å². The summed E-state index contributed by atoms with van der Waals surface area (Å²) in [5, 5.41) is 2.44. The van der Waals surface area contributed by atoms with Crippen molar-refractivity contribution < 1.29 is 35.9 Å². The van der Waals surface area contributed by atoms with Gasteiger partial charge in [-0.2, -0.15) is 0 Å². The molecular formula is C16H13F3N2O5S. The molecule has 0 aromatic heterocycles. The second kappa shape index (κ2) is 7.66. The summed E-state index contributed by atoms with van der Waals surface area (Å²) in [7, 11) is -4.36. The van der Waals surface area contributed by atoms with Crippen LogP contribution in [0.25, 0.3) is 0 Å². The Hall–Kier alpha value is -3.08. The fraction of sp³-hybridized carbons (Fsp3) is 0.125. The normalized spacial score (nSPS) is 11.6. The van der Waals surface area contributed by atoms with Gasteiger partial charge in [0.2, 0.25) is 5.91 Å². The predicted octanol–water partition coefficient (Wildman–Crippen LogP) is 2.66. The molecule has 27 heavy (non-hydrogen) atoms. The van der Waals surface area contributed by atoms with Crippen LogP contribution in [-0.2, 0) is 14.8 Å². The van der Waals surface area contributed by atoms with Crippen molar-refractivity contribution in [2.45, 2.75) is 18.2 Å². The monoisotopic (exact) mass is 402 g/mol. The van der Waals surface area contributed by atoms with Crippen molar-refractivity contribution in [3.63, 3.8) is 0 Å². The van der Waals surface area contributed by atoms with Gasteiger partial charge >= 0.3 is 6.36 Å². The van der Waals surface area contributed by atoms with Crippen LogP contribution >= 0.6 is 0 Å². The number of halogens is 3. The van der Waals surface area contributed by atoms with Gasteiger partial charge in [0, 0.05) is 12.6 Å². The highest BCUT2D eigenvalue weighted by Crippen LogP contribution is 2.26. The molecule has 2 N–H and O–H groups in total. The highest BCUT2D eigenvalue weighted by molar-refractivity contribution is 7.90. The molecule has 2 rings (SSSR count). The molecule has 7 nitrogen and oxygen atoms in total. The molecule has 0 saturated heterocycles. The maximum atomic E-state index is 12.4. The smallest absolute Gasteiger partial charge is 0.405 e. The first-order valence-electron chi connectivity index (χ1n) is 7.27. The molecule has 0 aliphatic rings. The Morgan fingerprint density at radius 1 is 1.00 bits per heavy atom. The molecule has 0 heterocycles. The number of para-hydroxylation sites is 1. The Kier molecular flexibility index (Phi) is 5.74. The molecule has 2 aromatic rings. The number of anilines is 1. The molecule has 0 spiro atoms. The number of sulfonamides is 1. The molecule has 0 saturated carbocycles. The quantitative estimate of drug-likeness (QED) is 0.801. The summed E-state index contributed by atoms with van der Waals surface area (Å²) in [6, 6.07) is 9.17. The summed E-state index contributed by atoms with van der Waals surface area (Å²) >= 11 is 0. The van der Waals surface area contributed by atoms with Gasteiger partial charge < -0.3 is 10.1 Å². The lowest BCUT2D eigenvalue weighted by atomic mass is 10.2. The topological polar surface area (TPSA) is 102 Å². The van der Waals surface area contributed by atoms with E-state index in [2.05, 4.69) is 10.1 Å². The van der Waals surface area contributed by atoms with Crippen LogP contribution in [0.2, 0.25) is 0 Å². The number of hydrogen-bond acceptors (Lipinski definition) is 5. The van der Waals surface area contributed by atoms with Gasteiger partial charge in [0.15, 0.2) is 0 Å². The van der Waals surface area contributed by atoms with Gasteiger partial charge in [0.25, 0.3) is 15.9 Å². The molecule has 144 valence electrons. The summed E-state index contributed by atoms with van der Waals surface area (Å²) in [6.07, 6.45) is -5.05. The molecule has 0 fully saturated rings. The van der Waals surface area contributed by atoms with Crippen molar-refractivity contribution in [2.75, 3.05) is 5.32 Å². The minimum atomic E-state index is -5.05. The zero-order valence-electron chi connectivity index (χ0n) is 13.7. The third kappa shape index (κ3) is 5.71. The second-order valence-corrected chi connectivity index (χ2v) is 6.87. The Balaban J connectivity index is 2.23. The van der Waals surface area contributed by atoms with E-state index >= 15 is 0 Å². The summed E-state index contributed by atoms with van der Waals surface area (Å²) < 4.78 is 67.2. The standard InChI is InChI=1S/C16H13F3N2O5S/c1-10(22)20-11-6-8-12(9-7-11)27(24,25)21-15(23)13-4-2-3-5-14(13)26-16(17,18)19/h2-9H,1H3,(H,20,22)(H,21,23). The molecule has 0 radical (unpaired) electrons. The third-order valence-corrected chi connectivity index (χ3v) is 4.42. The number of benzene rings is 2. The number of nitrogens with one attached hydrogen (secondary N) is 2. The molecule has 0 atom stereocenters. The van der Waals surface area contributed by atoms with E-state index in [1.165, 1.54) is 31.2 Å². The van der Waals surface area contributed by atoms with E-state index in [1.807, 2.05) is 0 Å². The molecule has 11 heteroatoms. The number of hydrogen-bond donors (Lipinski definition) is 2. The van der Waals surface area contributed by atoms with Crippen LogP contribution in [0.3, 0.4) is 0 Å². The average Bonchev–Trinajstić information content (AvgIpc) is 2.53. The van der Waals surface area contributed by atoms with E-state index in [4.69, 9.17) is 0 Å². The lowest BCUT2D eigenvalue weighted by Crippen LogP contribution is -2.31. The van der Waals surface area contributed by atoms with Crippen LogP contribution in [0.1, 0.15) is 17.3 Å². The van der Waals surface area contributed by atoms with Crippen molar-refractivity contribution in [1.82, 2.24) is 4.72 Å². The van der Waals surface area contributed by atoms with Crippen molar-refractivity contribution in [3.8, 4) is 5.75 Å². The van der Waals surface area contributed by atoms with Crippen molar-refractivity contribution >= 4 is 27.5 Å². The van der Waals surface area contributed by atoms with E-state index in [0.717, 1.165) is 24.3 Å². The van der Waals surface area contributed by atoms with Crippen LogP contribution in [0, 0.1) is 0 Å². The zero-order valence-corrected chi connectivity index (χ0v) is 14.5. The first-order valence-corrected chi connectivity index (χ1v) is 8.76. The fourth-order valence-corrected chi connectivity index (χ4v) is 2.99. The first-order chi connectivity index (χ1) is 12.5. The Bertz CT molecular complexity index is 957. The number of carbonyl (C=O) groups is 2. The minimum Gasteiger partial charge on any atom is -0.405 e. The minimum absolute atomic E-state index is 0.320. The summed E-state index contributed by atoms with van der Waals surface area (Å²) in [5.41, 5.74) is -0.273. The van der Waals surface area contributed by atoms with Crippen LogP contribution in [0.4, 0.5) is 18.9 Å². The summed E-state index contributed by atoms with van der Waals surface area (Å²) in [6.45, 7) is 1.27. The maximum absolute atomic E-state index is 12.4. The average molecular weight is 402 g/mol. The summed E-state index contributed by atoms with van der Waals surface area (Å²) in [4.78, 5) is 22.8. The van der Waals surface area contributed by atoms with Crippen molar-refractivity contribution in [1.29, 1.82) is 0 Å². The Morgan fingerprint density at radius 2 is 1.59 bits per heavy atom. The third-order valence-electron chi connectivity index (χ3n) is 3.07. The zero-order chi connectivity index (χ0) is 20.2. The van der Waals surface area contributed by atoms with Crippen LogP contribution in [-0.4, -0.2) is 26.6 Å². The van der Waals surface area contributed by atoms with E-state index in [-0.39, 0.29) is 10.8 Å². The molecular weight excluding hydrogens is 389 g/mol. The van der Waals surface area contributed by atoms with Gasteiger partial charge in [0.1, 0.15) is 5.75 Å². The largest absolute Gasteiger partial charge is 0.573 e. The van der Waals surface area contributed by atoms with Crippen molar-refractivity contribution in [3.05, 3.63) is 54.1 Å². The molecule has 0 aliphatic heterocycles. The lowest BCUT2D eigenvalue weighted by Gasteiger charge is -2.13. The summed E-state index contributed by atoms with van der Waals surface area (Å²) in [5.74, 6) is -2.49. The maximum Gasteiger partial charge on any atom is 0.573 e.